The van der Waals surface area contributed by atoms with Crippen molar-refractivity contribution in [3.05, 3.63) is 109 Å². The van der Waals surface area contributed by atoms with Gasteiger partial charge in [0.15, 0.2) is 0 Å². The Balaban J connectivity index is 1.22. The second-order valence-corrected chi connectivity index (χ2v) is 9.50. The SMILES string of the molecule is CN(Cc1cn(-c2ccccc2)nc1-c1ccccc1)C(=O)CCSCc1cn2ccccc2n1. The fraction of sp³-hybridized carbons (Fsp3) is 0.179. The summed E-state index contributed by atoms with van der Waals surface area (Å²) in [5.41, 5.74) is 5.94. The molecule has 0 aliphatic carbocycles. The van der Waals surface area contributed by atoms with Gasteiger partial charge in [-0.3, -0.25) is 4.79 Å². The maximum atomic E-state index is 12.9. The molecule has 0 bridgehead atoms. The number of nitrogens with zero attached hydrogens (tertiary/aromatic N) is 5. The number of pyridine rings is 1. The van der Waals surface area contributed by atoms with Gasteiger partial charge in [-0.15, -0.1) is 0 Å². The minimum Gasteiger partial charge on any atom is -0.341 e. The van der Waals surface area contributed by atoms with Gasteiger partial charge in [0.1, 0.15) is 5.65 Å². The number of thioether (sulfide) groups is 1. The lowest BCUT2D eigenvalue weighted by Crippen LogP contribution is -2.26. The zero-order valence-electron chi connectivity index (χ0n) is 19.6. The first-order valence-electron chi connectivity index (χ1n) is 11.6. The van der Waals surface area contributed by atoms with Crippen LogP contribution in [0.3, 0.4) is 0 Å². The van der Waals surface area contributed by atoms with Crippen LogP contribution in [0.15, 0.2) is 97.5 Å². The topological polar surface area (TPSA) is 55.4 Å². The molecule has 176 valence electrons. The lowest BCUT2D eigenvalue weighted by atomic mass is 10.1. The van der Waals surface area contributed by atoms with Crippen LogP contribution in [0.5, 0.6) is 0 Å². The molecule has 0 fully saturated rings. The van der Waals surface area contributed by atoms with E-state index in [0.29, 0.717) is 13.0 Å². The Kier molecular flexibility index (Phi) is 6.95. The predicted molar refractivity (Wildman–Crippen MR) is 141 cm³/mol. The van der Waals surface area contributed by atoms with Crippen LogP contribution in [0.25, 0.3) is 22.6 Å². The van der Waals surface area contributed by atoms with Crippen LogP contribution in [0.1, 0.15) is 17.7 Å². The number of hydrogen-bond donors (Lipinski definition) is 0. The average Bonchev–Trinajstić information content (AvgIpc) is 3.51. The highest BCUT2D eigenvalue weighted by atomic mass is 32.2. The molecule has 0 saturated heterocycles. The number of carbonyl (C=O) groups is 1. The number of aromatic nitrogens is 4. The van der Waals surface area contributed by atoms with Crippen LogP contribution in [-0.4, -0.2) is 42.8 Å². The molecule has 0 spiro atoms. The number of para-hydroxylation sites is 1. The quantitative estimate of drug-likeness (QED) is 0.262. The van der Waals surface area contributed by atoms with E-state index < -0.39 is 0 Å². The molecule has 5 rings (SSSR count). The summed E-state index contributed by atoms with van der Waals surface area (Å²) < 4.78 is 3.91. The first-order valence-corrected chi connectivity index (χ1v) is 12.8. The first kappa shape index (κ1) is 22.9. The van der Waals surface area contributed by atoms with Gasteiger partial charge in [-0.2, -0.15) is 16.9 Å². The molecular weight excluding hydrogens is 454 g/mol. The van der Waals surface area contributed by atoms with E-state index in [1.165, 1.54) is 0 Å². The lowest BCUT2D eigenvalue weighted by Gasteiger charge is -2.17. The molecular formula is C28H27N5OS. The highest BCUT2D eigenvalue weighted by Gasteiger charge is 2.17. The van der Waals surface area contributed by atoms with Gasteiger partial charge in [0, 0.05) is 61.2 Å². The summed E-state index contributed by atoms with van der Waals surface area (Å²) in [6.45, 7) is 0.507. The first-order chi connectivity index (χ1) is 17.2. The molecule has 6 nitrogen and oxygen atoms in total. The summed E-state index contributed by atoms with van der Waals surface area (Å²) in [5.74, 6) is 1.67. The fourth-order valence-corrected chi connectivity index (χ4v) is 4.82. The van der Waals surface area contributed by atoms with Crippen LogP contribution in [-0.2, 0) is 17.1 Å². The highest BCUT2D eigenvalue weighted by Crippen LogP contribution is 2.25. The largest absolute Gasteiger partial charge is 0.341 e. The summed E-state index contributed by atoms with van der Waals surface area (Å²) in [5, 5.41) is 4.86. The second kappa shape index (κ2) is 10.6. The molecule has 0 aliphatic heterocycles. The summed E-state index contributed by atoms with van der Waals surface area (Å²) in [6, 6.07) is 26.1. The Bertz CT molecular complexity index is 1380. The molecule has 1 amide bonds. The third-order valence-corrected chi connectivity index (χ3v) is 6.81. The van der Waals surface area contributed by atoms with Gasteiger partial charge in [0.05, 0.1) is 17.1 Å². The normalized spacial score (nSPS) is 11.1. The van der Waals surface area contributed by atoms with E-state index in [9.17, 15) is 4.79 Å². The maximum Gasteiger partial charge on any atom is 0.223 e. The van der Waals surface area contributed by atoms with Crippen LogP contribution in [0, 0.1) is 0 Å². The molecule has 5 aromatic rings. The monoisotopic (exact) mass is 481 g/mol. The van der Waals surface area contributed by atoms with Crippen molar-refractivity contribution in [2.45, 2.75) is 18.7 Å². The smallest absolute Gasteiger partial charge is 0.223 e. The third kappa shape index (κ3) is 5.46. The molecule has 0 saturated carbocycles. The van der Waals surface area contributed by atoms with Crippen molar-refractivity contribution in [3.63, 3.8) is 0 Å². The van der Waals surface area contributed by atoms with E-state index in [0.717, 1.165) is 45.4 Å². The third-order valence-electron chi connectivity index (χ3n) is 5.82. The minimum atomic E-state index is 0.124. The van der Waals surface area contributed by atoms with E-state index in [-0.39, 0.29) is 5.91 Å². The molecule has 3 aromatic heterocycles. The molecule has 3 heterocycles. The van der Waals surface area contributed by atoms with Gasteiger partial charge in [-0.1, -0.05) is 54.6 Å². The number of carbonyl (C=O) groups excluding carboxylic acids is 1. The van der Waals surface area contributed by atoms with E-state index in [4.69, 9.17) is 5.10 Å². The number of amides is 1. The molecule has 0 aliphatic rings. The zero-order valence-corrected chi connectivity index (χ0v) is 20.4. The minimum absolute atomic E-state index is 0.124. The van der Waals surface area contributed by atoms with E-state index >= 15 is 0 Å². The molecule has 0 N–H and O–H groups in total. The van der Waals surface area contributed by atoms with Gasteiger partial charge >= 0.3 is 0 Å². The Hall–Kier alpha value is -3.84. The summed E-state index contributed by atoms with van der Waals surface area (Å²) in [4.78, 5) is 19.3. The van der Waals surface area contributed by atoms with Crippen molar-refractivity contribution in [1.29, 1.82) is 0 Å². The fourth-order valence-electron chi connectivity index (χ4n) is 4.00. The van der Waals surface area contributed by atoms with Crippen molar-refractivity contribution in [2.75, 3.05) is 12.8 Å². The number of fused-ring (bicyclic) bond motifs is 1. The van der Waals surface area contributed by atoms with E-state index in [1.807, 2.05) is 101 Å². The number of hydrogen-bond acceptors (Lipinski definition) is 4. The Morgan fingerprint density at radius 1 is 0.943 bits per heavy atom. The molecule has 7 heteroatoms. The van der Waals surface area contributed by atoms with Gasteiger partial charge < -0.3 is 9.30 Å². The summed E-state index contributed by atoms with van der Waals surface area (Å²) >= 11 is 1.74. The molecule has 0 radical (unpaired) electrons. The van der Waals surface area contributed by atoms with E-state index in [2.05, 4.69) is 17.1 Å². The van der Waals surface area contributed by atoms with Crippen LogP contribution in [0.2, 0.25) is 0 Å². The van der Waals surface area contributed by atoms with Crippen LogP contribution < -0.4 is 0 Å². The van der Waals surface area contributed by atoms with Gasteiger partial charge in [-0.05, 0) is 24.3 Å². The maximum absolute atomic E-state index is 12.9. The molecule has 35 heavy (non-hydrogen) atoms. The highest BCUT2D eigenvalue weighted by molar-refractivity contribution is 7.98. The number of imidazole rings is 1. The van der Waals surface area contributed by atoms with Crippen molar-refractivity contribution < 1.29 is 4.79 Å². The van der Waals surface area contributed by atoms with E-state index in [1.54, 1.807) is 16.7 Å². The van der Waals surface area contributed by atoms with Crippen LogP contribution >= 0.6 is 11.8 Å². The Labute approximate surface area is 209 Å². The summed E-state index contributed by atoms with van der Waals surface area (Å²) in [7, 11) is 1.86. The summed E-state index contributed by atoms with van der Waals surface area (Å²) in [6.07, 6.45) is 6.56. The average molecular weight is 482 g/mol. The van der Waals surface area contributed by atoms with Gasteiger partial charge in [0.25, 0.3) is 0 Å². The molecule has 2 aromatic carbocycles. The van der Waals surface area contributed by atoms with Crippen LogP contribution in [0.4, 0.5) is 0 Å². The van der Waals surface area contributed by atoms with Gasteiger partial charge in [-0.25, -0.2) is 9.67 Å². The Morgan fingerprint density at radius 2 is 1.69 bits per heavy atom. The molecule has 0 unspecified atom stereocenters. The predicted octanol–water partition coefficient (Wildman–Crippen LogP) is 5.47. The second-order valence-electron chi connectivity index (χ2n) is 8.40. The Morgan fingerprint density at radius 3 is 2.46 bits per heavy atom. The lowest BCUT2D eigenvalue weighted by molar-refractivity contribution is -0.129. The van der Waals surface area contributed by atoms with Crippen molar-refractivity contribution >= 4 is 23.3 Å². The number of benzene rings is 2. The van der Waals surface area contributed by atoms with Crippen molar-refractivity contribution in [3.8, 4) is 16.9 Å². The number of rotatable bonds is 9. The van der Waals surface area contributed by atoms with Gasteiger partial charge in [0.2, 0.25) is 5.91 Å². The van der Waals surface area contributed by atoms with Crippen molar-refractivity contribution in [2.24, 2.45) is 0 Å². The van der Waals surface area contributed by atoms with Crippen molar-refractivity contribution in [1.82, 2.24) is 24.1 Å². The standard InChI is InChI=1S/C28H27N5OS/c1-31(27(34)15-17-35-21-24-20-32-16-9-8-14-26(32)29-24)18-23-19-33(25-12-6-3-7-13-25)30-28(23)22-10-4-2-5-11-22/h2-14,16,19-20H,15,17-18,21H2,1H3. The molecule has 0 atom stereocenters. The zero-order chi connectivity index (χ0) is 24.0.